The van der Waals surface area contributed by atoms with Crippen LogP contribution in [0.25, 0.3) is 0 Å². The van der Waals surface area contributed by atoms with Crippen LogP contribution in [0.2, 0.25) is 0 Å². The van der Waals surface area contributed by atoms with Crippen molar-refractivity contribution in [1.82, 2.24) is 9.97 Å². The van der Waals surface area contributed by atoms with Gasteiger partial charge in [-0.15, -0.1) is 0 Å². The van der Waals surface area contributed by atoms with Crippen LogP contribution in [0.1, 0.15) is 11.4 Å². The van der Waals surface area contributed by atoms with Crippen molar-refractivity contribution in [3.05, 3.63) is 23.8 Å². The molecule has 1 heterocycles. The maximum atomic E-state index is 8.58. The molecular weight excluding hydrogens is 148 g/mol. The Hall–Kier alpha value is -0.870. The number of hydrogen-bond donors (Lipinski definition) is 1. The first kappa shape index (κ1) is 7.24. The largest absolute Gasteiger partial charge is 0.392 e. The van der Waals surface area contributed by atoms with Crippen LogP contribution in [0.5, 0.6) is 0 Å². The van der Waals surface area contributed by atoms with E-state index in [0.29, 0.717) is 11.4 Å². The fraction of sp³-hybridized carbons (Fsp3) is 0.167. The van der Waals surface area contributed by atoms with Gasteiger partial charge in [-0.05, 0) is 0 Å². The Morgan fingerprint density at radius 2 is 2.10 bits per heavy atom. The molecule has 0 aliphatic heterocycles. The van der Waals surface area contributed by atoms with E-state index in [9.17, 15) is 0 Å². The lowest BCUT2D eigenvalue weighted by Crippen LogP contribution is -1.93. The number of nitrogens with zero attached hydrogens (tertiary/aromatic N) is 2. The van der Waals surface area contributed by atoms with Crippen LogP contribution in [0, 0.1) is 0 Å². The highest BCUT2D eigenvalue weighted by atomic mass is 32.1. The smallest absolute Gasteiger partial charge is 0.162 e. The number of aliphatic hydroxyl groups is 1. The van der Waals surface area contributed by atoms with Gasteiger partial charge >= 0.3 is 0 Å². The van der Waals surface area contributed by atoms with Crippen LogP contribution in [0.3, 0.4) is 0 Å². The van der Waals surface area contributed by atoms with Gasteiger partial charge in [0, 0.05) is 23.3 Å². The van der Waals surface area contributed by atoms with Gasteiger partial charge in [-0.3, -0.25) is 0 Å². The van der Waals surface area contributed by atoms with E-state index in [1.54, 1.807) is 12.4 Å². The molecule has 52 valence electrons. The van der Waals surface area contributed by atoms with Crippen molar-refractivity contribution in [2.24, 2.45) is 0 Å². The summed E-state index contributed by atoms with van der Waals surface area (Å²) < 4.78 is 0. The maximum Gasteiger partial charge on any atom is 0.162 e. The van der Waals surface area contributed by atoms with E-state index in [2.05, 4.69) is 22.2 Å². The predicted octanol–water partition coefficient (Wildman–Crippen LogP) is 0.317. The van der Waals surface area contributed by atoms with Crippen molar-refractivity contribution in [3.63, 3.8) is 0 Å². The molecule has 10 heavy (non-hydrogen) atoms. The summed E-state index contributed by atoms with van der Waals surface area (Å²) >= 11 is 4.59. The van der Waals surface area contributed by atoms with Crippen molar-refractivity contribution in [2.75, 3.05) is 0 Å². The molecule has 0 fully saturated rings. The van der Waals surface area contributed by atoms with Crippen molar-refractivity contribution < 1.29 is 5.11 Å². The molecule has 1 aromatic heterocycles. The second-order valence-corrected chi connectivity index (χ2v) is 1.96. The topological polar surface area (TPSA) is 46.0 Å². The summed E-state index contributed by atoms with van der Waals surface area (Å²) in [7, 11) is 0. The average Bonchev–Trinajstić information content (AvgIpc) is 2.05. The molecule has 1 N–H and O–H groups in total. The molecule has 1 aromatic rings. The number of aromatic nitrogens is 2. The highest BCUT2D eigenvalue weighted by Gasteiger charge is 1.90. The van der Waals surface area contributed by atoms with Gasteiger partial charge in [0.05, 0.1) is 6.61 Å². The fourth-order valence-corrected chi connectivity index (χ4v) is 0.629. The fourth-order valence-electron chi connectivity index (χ4n) is 0.507. The van der Waals surface area contributed by atoms with Crippen LogP contribution in [-0.4, -0.2) is 20.4 Å². The first-order valence-corrected chi connectivity index (χ1v) is 3.21. The summed E-state index contributed by atoms with van der Waals surface area (Å²) in [5.74, 6) is 0.507. The Kier molecular flexibility index (Phi) is 2.42. The second-order valence-electron chi connectivity index (χ2n) is 1.73. The minimum atomic E-state index is -0.0301. The first-order valence-electron chi connectivity index (χ1n) is 2.74. The Morgan fingerprint density at radius 3 is 2.50 bits per heavy atom. The van der Waals surface area contributed by atoms with Gasteiger partial charge in [0.15, 0.2) is 5.82 Å². The summed E-state index contributed by atoms with van der Waals surface area (Å²) in [5.41, 5.74) is 0.695. The van der Waals surface area contributed by atoms with E-state index in [0.717, 1.165) is 0 Å². The molecule has 0 unspecified atom stereocenters. The lowest BCUT2D eigenvalue weighted by molar-refractivity contribution is 0.281. The molecular formula is C6H6N2OS. The molecule has 0 atom stereocenters. The Balaban J connectivity index is 2.90. The first-order chi connectivity index (χ1) is 4.86. The van der Waals surface area contributed by atoms with Crippen LogP contribution >= 0.6 is 12.2 Å². The third-order valence-corrected chi connectivity index (χ3v) is 1.22. The Bertz CT molecular complexity index is 222. The van der Waals surface area contributed by atoms with Crippen molar-refractivity contribution in [3.8, 4) is 0 Å². The lowest BCUT2D eigenvalue weighted by atomic mass is 10.4. The number of aliphatic hydroxyl groups excluding tert-OH is 1. The molecule has 0 spiro atoms. The SMILES string of the molecule is OCc1cnc(C=S)nc1. The third-order valence-electron chi connectivity index (χ3n) is 1.01. The summed E-state index contributed by atoms with van der Waals surface area (Å²) in [5, 5.41) is 9.97. The van der Waals surface area contributed by atoms with Crippen LogP contribution in [0.4, 0.5) is 0 Å². The molecule has 0 saturated heterocycles. The van der Waals surface area contributed by atoms with Gasteiger partial charge in [0.25, 0.3) is 0 Å². The van der Waals surface area contributed by atoms with Gasteiger partial charge < -0.3 is 5.11 Å². The summed E-state index contributed by atoms with van der Waals surface area (Å²) in [6, 6.07) is 0. The zero-order chi connectivity index (χ0) is 7.40. The van der Waals surface area contributed by atoms with E-state index in [4.69, 9.17) is 5.11 Å². The van der Waals surface area contributed by atoms with Crippen molar-refractivity contribution in [2.45, 2.75) is 6.61 Å². The zero-order valence-corrected chi connectivity index (χ0v) is 6.01. The van der Waals surface area contributed by atoms with Crippen molar-refractivity contribution >= 4 is 17.6 Å². The highest BCUT2D eigenvalue weighted by Crippen LogP contribution is 1.92. The average molecular weight is 154 g/mol. The molecule has 0 aliphatic carbocycles. The minimum Gasteiger partial charge on any atom is -0.392 e. The normalized spacial score (nSPS) is 9.30. The second kappa shape index (κ2) is 3.34. The van der Waals surface area contributed by atoms with E-state index in [-0.39, 0.29) is 6.61 Å². The Morgan fingerprint density at radius 1 is 1.50 bits per heavy atom. The molecule has 3 nitrogen and oxygen atoms in total. The number of rotatable bonds is 2. The van der Waals surface area contributed by atoms with Gasteiger partial charge in [0.2, 0.25) is 0 Å². The third kappa shape index (κ3) is 1.55. The van der Waals surface area contributed by atoms with Crippen molar-refractivity contribution in [1.29, 1.82) is 0 Å². The standard InChI is InChI=1S/C6H6N2OS/c9-3-5-1-7-6(4-10)8-2-5/h1-2,4,9H,3H2. The highest BCUT2D eigenvalue weighted by molar-refractivity contribution is 7.79. The van der Waals surface area contributed by atoms with Gasteiger partial charge in [-0.25, -0.2) is 9.97 Å². The van der Waals surface area contributed by atoms with Crippen LogP contribution in [-0.2, 0) is 6.61 Å². The minimum absolute atomic E-state index is 0.0301. The molecule has 4 heteroatoms. The van der Waals surface area contributed by atoms with E-state index >= 15 is 0 Å². The number of hydrogen-bond acceptors (Lipinski definition) is 4. The lowest BCUT2D eigenvalue weighted by Gasteiger charge is -1.92. The summed E-state index contributed by atoms with van der Waals surface area (Å²) in [4.78, 5) is 7.67. The van der Waals surface area contributed by atoms with Crippen LogP contribution < -0.4 is 0 Å². The molecule has 0 bridgehead atoms. The Labute approximate surface area is 63.8 Å². The van der Waals surface area contributed by atoms with Gasteiger partial charge in [0.1, 0.15) is 0 Å². The monoisotopic (exact) mass is 154 g/mol. The molecule has 0 amide bonds. The molecule has 0 radical (unpaired) electrons. The zero-order valence-electron chi connectivity index (χ0n) is 5.19. The number of thiocarbonyl (C=S) groups is 1. The van der Waals surface area contributed by atoms with Gasteiger partial charge in [-0.2, -0.15) is 0 Å². The molecule has 0 aromatic carbocycles. The molecule has 1 rings (SSSR count). The van der Waals surface area contributed by atoms with E-state index in [1.807, 2.05) is 0 Å². The van der Waals surface area contributed by atoms with Crippen LogP contribution in [0.15, 0.2) is 12.4 Å². The quantitative estimate of drug-likeness (QED) is 0.623. The van der Waals surface area contributed by atoms with Gasteiger partial charge in [-0.1, -0.05) is 12.2 Å². The molecule has 0 aliphatic rings. The maximum absolute atomic E-state index is 8.58. The summed E-state index contributed by atoms with van der Waals surface area (Å²) in [6.07, 6.45) is 3.09. The van der Waals surface area contributed by atoms with E-state index in [1.165, 1.54) is 5.37 Å². The summed E-state index contributed by atoms with van der Waals surface area (Å²) in [6.45, 7) is -0.0301. The predicted molar refractivity (Wildman–Crippen MR) is 40.7 cm³/mol. The van der Waals surface area contributed by atoms with E-state index < -0.39 is 0 Å². The molecule has 0 saturated carbocycles.